The van der Waals surface area contributed by atoms with E-state index in [2.05, 4.69) is 4.98 Å². The third-order valence-corrected chi connectivity index (χ3v) is 4.30. The Bertz CT molecular complexity index is 970. The molecule has 0 spiro atoms. The molecule has 0 saturated heterocycles. The molecular weight excluding hydrogens is 408 g/mol. The van der Waals surface area contributed by atoms with E-state index in [0.717, 1.165) is 11.8 Å². The van der Waals surface area contributed by atoms with Gasteiger partial charge in [0.1, 0.15) is 12.4 Å². The van der Waals surface area contributed by atoms with Crippen LogP contribution in [-0.2, 0) is 22.4 Å². The highest BCUT2D eigenvalue weighted by atomic mass is 32.1. The Morgan fingerprint density at radius 2 is 1.97 bits per heavy atom. The number of aromatic amines is 1. The number of halogens is 2. The number of rotatable bonds is 5. The van der Waals surface area contributed by atoms with Crippen LogP contribution < -0.4 is 10.5 Å². The molecule has 1 aliphatic rings. The molecule has 11 heteroatoms. The molecule has 3 rings (SSSR count). The molecule has 0 unspecified atom stereocenters. The lowest BCUT2D eigenvalue weighted by molar-refractivity contribution is -0.134. The number of nitrogens with two attached hydrogens (primary N) is 1. The molecule has 2 heterocycles. The highest BCUT2D eigenvalue weighted by Gasteiger charge is 2.26. The number of aromatic nitrogens is 2. The molecule has 1 aromatic carbocycles. The van der Waals surface area contributed by atoms with E-state index in [1.165, 1.54) is 6.07 Å². The number of nitrogens with zero attached hydrogens (tertiary/aromatic N) is 1. The van der Waals surface area contributed by atoms with Gasteiger partial charge in [-0.3, -0.25) is 0 Å². The maximum atomic E-state index is 13.7. The molecule has 0 radical (unpaired) electrons. The number of H-pyrrole nitrogens is 1. The van der Waals surface area contributed by atoms with E-state index in [9.17, 15) is 18.4 Å². The van der Waals surface area contributed by atoms with Gasteiger partial charge in [-0.05, 0) is 24.8 Å². The summed E-state index contributed by atoms with van der Waals surface area (Å²) >= 11 is 5.28. The first-order valence-corrected chi connectivity index (χ1v) is 8.87. The molecule has 8 nitrogen and oxygen atoms in total. The van der Waals surface area contributed by atoms with Gasteiger partial charge in [0.15, 0.2) is 16.3 Å². The first-order valence-electron chi connectivity index (χ1n) is 8.46. The minimum atomic E-state index is -1.26. The number of carbonyl (C=O) groups is 2. The standard InChI is InChI=1S/C14H15F2N3OS.C4H4O4/c15-9-3-8-4-11(7-20-13(8)12(16)5-9)19-10(1-2-17)6-18-14(19)21;5-3(6)1-2-4(7)8/h3,5-6,11H,1-2,4,7,17H2,(H,18,21);1-2H,(H,5,6)(H,7,8)/t11-;/m1./s1. The largest absolute Gasteiger partial charge is 0.488 e. The van der Waals surface area contributed by atoms with Crippen molar-refractivity contribution >= 4 is 24.2 Å². The van der Waals surface area contributed by atoms with Crippen LogP contribution >= 0.6 is 12.2 Å². The maximum Gasteiger partial charge on any atom is 0.328 e. The second-order valence-electron chi connectivity index (χ2n) is 6.05. The fourth-order valence-electron chi connectivity index (χ4n) is 2.88. The molecule has 0 aliphatic carbocycles. The molecular formula is C18H19F2N3O5S. The molecule has 5 N–H and O–H groups in total. The molecule has 156 valence electrons. The number of hydrogen-bond acceptors (Lipinski definition) is 5. The zero-order chi connectivity index (χ0) is 21.6. The summed E-state index contributed by atoms with van der Waals surface area (Å²) in [7, 11) is 0. The number of carboxylic acid groups (broad SMARTS) is 2. The quantitative estimate of drug-likeness (QED) is 0.425. The molecule has 1 aliphatic heterocycles. The first kappa shape index (κ1) is 22.2. The Kier molecular flexibility index (Phi) is 7.62. The average molecular weight is 427 g/mol. The highest BCUT2D eigenvalue weighted by Crippen LogP contribution is 2.33. The number of carboxylic acids is 2. The predicted octanol–water partition coefficient (Wildman–Crippen LogP) is 2.21. The van der Waals surface area contributed by atoms with Gasteiger partial charge in [-0.2, -0.15) is 0 Å². The average Bonchev–Trinajstić information content (AvgIpc) is 3.00. The number of ether oxygens (including phenoxy) is 1. The summed E-state index contributed by atoms with van der Waals surface area (Å²) in [6, 6.07) is 2.05. The number of aliphatic carboxylic acids is 2. The van der Waals surface area contributed by atoms with Crippen molar-refractivity contribution in [1.82, 2.24) is 9.55 Å². The Labute approximate surface area is 169 Å². The van der Waals surface area contributed by atoms with Crippen LogP contribution in [0.1, 0.15) is 17.3 Å². The van der Waals surface area contributed by atoms with Crippen molar-refractivity contribution in [2.75, 3.05) is 13.2 Å². The molecule has 0 amide bonds. The topological polar surface area (TPSA) is 131 Å². The van der Waals surface area contributed by atoms with E-state index in [1.54, 1.807) is 0 Å². The van der Waals surface area contributed by atoms with Crippen LogP contribution in [0.2, 0.25) is 0 Å². The second-order valence-corrected chi connectivity index (χ2v) is 6.44. The molecule has 0 saturated carbocycles. The number of imidazole rings is 1. The summed E-state index contributed by atoms with van der Waals surface area (Å²) in [4.78, 5) is 22.1. The van der Waals surface area contributed by atoms with Crippen LogP contribution in [0, 0.1) is 16.4 Å². The minimum absolute atomic E-state index is 0.0981. The van der Waals surface area contributed by atoms with Crippen molar-refractivity contribution in [3.05, 3.63) is 58.1 Å². The molecule has 0 fully saturated rings. The summed E-state index contributed by atoms with van der Waals surface area (Å²) in [5.41, 5.74) is 7.08. The van der Waals surface area contributed by atoms with E-state index in [1.807, 2.05) is 10.8 Å². The summed E-state index contributed by atoms with van der Waals surface area (Å²) < 4.78 is 35.0. The van der Waals surface area contributed by atoms with Crippen LogP contribution in [0.15, 0.2) is 30.5 Å². The summed E-state index contributed by atoms with van der Waals surface area (Å²) in [5, 5.41) is 15.6. The zero-order valence-corrected chi connectivity index (χ0v) is 15.9. The Morgan fingerprint density at radius 1 is 1.31 bits per heavy atom. The zero-order valence-electron chi connectivity index (χ0n) is 15.1. The van der Waals surface area contributed by atoms with Gasteiger partial charge >= 0.3 is 11.9 Å². The van der Waals surface area contributed by atoms with Gasteiger partial charge in [-0.25, -0.2) is 18.4 Å². The Balaban J connectivity index is 0.000000321. The molecule has 29 heavy (non-hydrogen) atoms. The van der Waals surface area contributed by atoms with Crippen molar-refractivity contribution in [3.63, 3.8) is 0 Å². The van der Waals surface area contributed by atoms with Gasteiger partial charge in [0.2, 0.25) is 0 Å². The van der Waals surface area contributed by atoms with Crippen LogP contribution in [0.5, 0.6) is 5.75 Å². The SMILES string of the molecule is NCCc1c[nH]c(=S)n1[C@H]1COc2c(F)cc(F)cc2C1.O=C(O)C=CC(=O)O. The van der Waals surface area contributed by atoms with Gasteiger partial charge in [-0.1, -0.05) is 0 Å². The number of benzene rings is 1. The van der Waals surface area contributed by atoms with Gasteiger partial charge in [0.25, 0.3) is 0 Å². The highest BCUT2D eigenvalue weighted by molar-refractivity contribution is 7.71. The van der Waals surface area contributed by atoms with E-state index in [4.69, 9.17) is 32.9 Å². The maximum absolute atomic E-state index is 13.7. The van der Waals surface area contributed by atoms with E-state index in [0.29, 0.717) is 48.5 Å². The third kappa shape index (κ3) is 5.96. The van der Waals surface area contributed by atoms with Crippen LogP contribution in [-0.4, -0.2) is 44.9 Å². The van der Waals surface area contributed by atoms with Gasteiger partial charge in [0, 0.05) is 48.5 Å². The summed E-state index contributed by atoms with van der Waals surface area (Å²) in [5.74, 6) is -3.64. The first-order chi connectivity index (χ1) is 13.7. The lowest BCUT2D eigenvalue weighted by atomic mass is 10.0. The van der Waals surface area contributed by atoms with Crippen LogP contribution in [0.4, 0.5) is 8.78 Å². The third-order valence-electron chi connectivity index (χ3n) is 3.99. The Morgan fingerprint density at radius 3 is 2.55 bits per heavy atom. The van der Waals surface area contributed by atoms with Crippen molar-refractivity contribution in [1.29, 1.82) is 0 Å². The molecule has 1 atom stereocenters. The minimum Gasteiger partial charge on any atom is -0.488 e. The predicted molar refractivity (Wildman–Crippen MR) is 101 cm³/mol. The number of nitrogens with one attached hydrogen (secondary N) is 1. The van der Waals surface area contributed by atoms with Crippen LogP contribution in [0.25, 0.3) is 0 Å². The normalized spacial score (nSPS) is 15.2. The van der Waals surface area contributed by atoms with Gasteiger partial charge in [0.05, 0.1) is 6.04 Å². The Hall–Kier alpha value is -3.05. The summed E-state index contributed by atoms with van der Waals surface area (Å²) in [6.45, 7) is 0.791. The monoisotopic (exact) mass is 427 g/mol. The summed E-state index contributed by atoms with van der Waals surface area (Å²) in [6.07, 6.45) is 4.07. The number of hydrogen-bond donors (Lipinski definition) is 4. The van der Waals surface area contributed by atoms with E-state index >= 15 is 0 Å². The smallest absolute Gasteiger partial charge is 0.328 e. The van der Waals surface area contributed by atoms with Crippen molar-refractivity contribution in [3.8, 4) is 5.75 Å². The van der Waals surface area contributed by atoms with Crippen molar-refractivity contribution in [2.45, 2.75) is 18.9 Å². The lowest BCUT2D eigenvalue weighted by Crippen LogP contribution is -2.27. The molecule has 0 bridgehead atoms. The number of fused-ring (bicyclic) bond motifs is 1. The van der Waals surface area contributed by atoms with E-state index < -0.39 is 23.6 Å². The molecule has 2 aromatic rings. The van der Waals surface area contributed by atoms with E-state index in [-0.39, 0.29) is 11.8 Å². The van der Waals surface area contributed by atoms with Gasteiger partial charge in [-0.15, -0.1) is 0 Å². The van der Waals surface area contributed by atoms with Crippen molar-refractivity contribution < 1.29 is 33.3 Å². The second kappa shape index (κ2) is 9.94. The van der Waals surface area contributed by atoms with Crippen LogP contribution in [0.3, 0.4) is 0 Å². The van der Waals surface area contributed by atoms with Gasteiger partial charge < -0.3 is 30.2 Å². The fourth-order valence-corrected chi connectivity index (χ4v) is 3.21. The lowest BCUT2D eigenvalue weighted by Gasteiger charge is -2.27. The molecule has 1 aromatic heterocycles. The fraction of sp³-hybridized carbons (Fsp3) is 0.278. The van der Waals surface area contributed by atoms with Crippen molar-refractivity contribution in [2.24, 2.45) is 5.73 Å².